The summed E-state index contributed by atoms with van der Waals surface area (Å²) in [6, 6.07) is 1.71. The molecular weight excluding hydrogens is 240 g/mol. The van der Waals surface area contributed by atoms with Crippen LogP contribution in [-0.4, -0.2) is 26.3 Å². The minimum Gasteiger partial charge on any atom is -0.397 e. The average Bonchev–Trinajstić information content (AvgIpc) is 2.75. The Bertz CT molecular complexity index is 551. The molecule has 3 rings (SSSR count). The van der Waals surface area contributed by atoms with Gasteiger partial charge in [0.2, 0.25) is 0 Å². The van der Waals surface area contributed by atoms with Crippen molar-refractivity contribution in [2.45, 2.75) is 13.1 Å². The monoisotopic (exact) mass is 250 g/mol. The largest absolute Gasteiger partial charge is 0.397 e. The van der Waals surface area contributed by atoms with Crippen LogP contribution in [0.1, 0.15) is 5.82 Å². The number of nitrogen functional groups attached to an aromatic ring is 1. The van der Waals surface area contributed by atoms with E-state index in [-0.39, 0.29) is 0 Å². The van der Waals surface area contributed by atoms with Crippen molar-refractivity contribution in [3.63, 3.8) is 0 Å². The number of hydrogen-bond acceptors (Lipinski definition) is 5. The SMILES string of the molecule is Nc1cnc(N2CCn3cnnc3C2)c(Cl)c1. The van der Waals surface area contributed by atoms with Gasteiger partial charge in [-0.1, -0.05) is 11.6 Å². The Balaban J connectivity index is 1.91. The van der Waals surface area contributed by atoms with E-state index in [0.29, 0.717) is 17.3 Å². The number of fused-ring (bicyclic) bond motifs is 1. The van der Waals surface area contributed by atoms with Gasteiger partial charge in [0.15, 0.2) is 5.82 Å². The summed E-state index contributed by atoms with van der Waals surface area (Å²) in [7, 11) is 0. The van der Waals surface area contributed by atoms with Gasteiger partial charge in [-0.3, -0.25) is 0 Å². The van der Waals surface area contributed by atoms with Crippen LogP contribution in [0.15, 0.2) is 18.6 Å². The lowest BCUT2D eigenvalue weighted by Crippen LogP contribution is -2.34. The van der Waals surface area contributed by atoms with Crippen LogP contribution in [0.3, 0.4) is 0 Å². The van der Waals surface area contributed by atoms with E-state index in [4.69, 9.17) is 17.3 Å². The summed E-state index contributed by atoms with van der Waals surface area (Å²) in [5, 5.41) is 8.50. The highest BCUT2D eigenvalue weighted by molar-refractivity contribution is 6.33. The van der Waals surface area contributed by atoms with E-state index in [1.165, 1.54) is 0 Å². The fraction of sp³-hybridized carbons (Fsp3) is 0.300. The second-order valence-electron chi connectivity index (χ2n) is 3.94. The third kappa shape index (κ3) is 1.80. The summed E-state index contributed by atoms with van der Waals surface area (Å²) in [6.45, 7) is 2.34. The van der Waals surface area contributed by atoms with Crippen molar-refractivity contribution in [3.05, 3.63) is 29.4 Å². The first-order chi connectivity index (χ1) is 8.24. The lowest BCUT2D eigenvalue weighted by Gasteiger charge is -2.28. The summed E-state index contributed by atoms with van der Waals surface area (Å²) < 4.78 is 2.03. The van der Waals surface area contributed by atoms with Gasteiger partial charge in [0, 0.05) is 13.1 Å². The molecule has 0 fully saturated rings. The summed E-state index contributed by atoms with van der Waals surface area (Å²) in [4.78, 5) is 6.35. The lowest BCUT2D eigenvalue weighted by atomic mass is 10.3. The van der Waals surface area contributed by atoms with E-state index >= 15 is 0 Å². The molecule has 2 aromatic heterocycles. The quantitative estimate of drug-likeness (QED) is 0.815. The highest BCUT2D eigenvalue weighted by Gasteiger charge is 2.20. The third-order valence-corrected chi connectivity index (χ3v) is 3.06. The molecule has 0 saturated carbocycles. The molecule has 7 heteroatoms. The van der Waals surface area contributed by atoms with E-state index in [2.05, 4.69) is 20.1 Å². The molecule has 0 saturated heterocycles. The molecule has 0 unspecified atom stereocenters. The van der Waals surface area contributed by atoms with Gasteiger partial charge in [-0.05, 0) is 6.07 Å². The zero-order valence-corrected chi connectivity index (χ0v) is 9.80. The first-order valence-electron chi connectivity index (χ1n) is 5.26. The van der Waals surface area contributed by atoms with Crippen molar-refractivity contribution < 1.29 is 0 Å². The van der Waals surface area contributed by atoms with E-state index in [1.807, 2.05) is 4.57 Å². The second-order valence-corrected chi connectivity index (χ2v) is 4.34. The predicted octanol–water partition coefficient (Wildman–Crippen LogP) is 0.929. The van der Waals surface area contributed by atoms with Gasteiger partial charge in [0.25, 0.3) is 0 Å². The normalized spacial score (nSPS) is 14.8. The van der Waals surface area contributed by atoms with Crippen molar-refractivity contribution >= 4 is 23.1 Å². The molecule has 88 valence electrons. The van der Waals surface area contributed by atoms with Crippen LogP contribution in [0.2, 0.25) is 5.02 Å². The molecule has 0 aliphatic carbocycles. The molecule has 6 nitrogen and oxygen atoms in total. The van der Waals surface area contributed by atoms with E-state index < -0.39 is 0 Å². The maximum atomic E-state index is 6.14. The van der Waals surface area contributed by atoms with Crippen molar-refractivity contribution in [1.29, 1.82) is 0 Å². The summed E-state index contributed by atoms with van der Waals surface area (Å²) in [5.41, 5.74) is 6.19. The number of halogens is 1. The minimum absolute atomic E-state index is 0.568. The molecule has 0 atom stereocenters. The van der Waals surface area contributed by atoms with Gasteiger partial charge in [-0.2, -0.15) is 0 Å². The van der Waals surface area contributed by atoms with Gasteiger partial charge in [0.05, 0.1) is 23.5 Å². The van der Waals surface area contributed by atoms with Crippen molar-refractivity contribution in [3.8, 4) is 0 Å². The molecule has 0 spiro atoms. The molecule has 1 aliphatic rings. The molecule has 0 amide bonds. The van der Waals surface area contributed by atoms with Gasteiger partial charge < -0.3 is 15.2 Å². The molecule has 2 aromatic rings. The van der Waals surface area contributed by atoms with E-state index in [9.17, 15) is 0 Å². The van der Waals surface area contributed by atoms with Crippen LogP contribution in [0.5, 0.6) is 0 Å². The van der Waals surface area contributed by atoms with Crippen LogP contribution >= 0.6 is 11.6 Å². The fourth-order valence-electron chi connectivity index (χ4n) is 1.93. The fourth-order valence-corrected chi connectivity index (χ4v) is 2.22. The van der Waals surface area contributed by atoms with Crippen LogP contribution in [0.4, 0.5) is 11.5 Å². The van der Waals surface area contributed by atoms with Gasteiger partial charge in [0.1, 0.15) is 12.1 Å². The van der Waals surface area contributed by atoms with E-state index in [0.717, 1.165) is 24.7 Å². The highest BCUT2D eigenvalue weighted by atomic mass is 35.5. The minimum atomic E-state index is 0.568. The van der Waals surface area contributed by atoms with Crippen LogP contribution in [0.25, 0.3) is 0 Å². The zero-order valence-electron chi connectivity index (χ0n) is 9.04. The molecule has 1 aliphatic heterocycles. The second kappa shape index (κ2) is 3.89. The van der Waals surface area contributed by atoms with Gasteiger partial charge >= 0.3 is 0 Å². The summed E-state index contributed by atoms with van der Waals surface area (Å²) >= 11 is 6.14. The van der Waals surface area contributed by atoms with E-state index in [1.54, 1.807) is 18.6 Å². The van der Waals surface area contributed by atoms with Crippen LogP contribution in [-0.2, 0) is 13.1 Å². The number of nitrogens with zero attached hydrogens (tertiary/aromatic N) is 5. The standard InChI is InChI=1S/C10H11ClN6/c11-8-3-7(12)4-13-10(8)16-1-2-17-6-14-15-9(17)5-16/h3-4,6H,1-2,5,12H2. The number of nitrogens with two attached hydrogens (primary N) is 1. The van der Waals surface area contributed by atoms with Gasteiger partial charge in [-0.15, -0.1) is 10.2 Å². The van der Waals surface area contributed by atoms with Gasteiger partial charge in [-0.25, -0.2) is 4.98 Å². The van der Waals surface area contributed by atoms with Crippen LogP contribution in [0, 0.1) is 0 Å². The Labute approximate surface area is 103 Å². The number of anilines is 2. The summed E-state index contributed by atoms with van der Waals surface area (Å²) in [6.07, 6.45) is 3.35. The maximum absolute atomic E-state index is 6.14. The Hall–Kier alpha value is -1.82. The van der Waals surface area contributed by atoms with Crippen LogP contribution < -0.4 is 10.6 Å². The molecule has 3 heterocycles. The number of pyridine rings is 1. The lowest BCUT2D eigenvalue weighted by molar-refractivity contribution is 0.556. The predicted molar refractivity (Wildman–Crippen MR) is 64.7 cm³/mol. The van der Waals surface area contributed by atoms with Crippen molar-refractivity contribution in [2.75, 3.05) is 17.2 Å². The smallest absolute Gasteiger partial charge is 0.152 e. The Morgan fingerprint density at radius 3 is 3.06 bits per heavy atom. The number of aromatic nitrogens is 4. The molecule has 2 N–H and O–H groups in total. The number of hydrogen-bond donors (Lipinski definition) is 1. The first-order valence-corrected chi connectivity index (χ1v) is 5.64. The molecule has 17 heavy (non-hydrogen) atoms. The average molecular weight is 251 g/mol. The summed E-state index contributed by atoms with van der Waals surface area (Å²) in [5.74, 6) is 1.67. The Morgan fingerprint density at radius 1 is 1.35 bits per heavy atom. The molecule has 0 radical (unpaired) electrons. The van der Waals surface area contributed by atoms with Crippen molar-refractivity contribution in [2.24, 2.45) is 0 Å². The first kappa shape index (κ1) is 10.3. The topological polar surface area (TPSA) is 72.9 Å². The molecular formula is C10H11ClN6. The Morgan fingerprint density at radius 2 is 2.24 bits per heavy atom. The zero-order chi connectivity index (χ0) is 11.8. The molecule has 0 aromatic carbocycles. The van der Waals surface area contributed by atoms with Crippen molar-refractivity contribution in [1.82, 2.24) is 19.7 Å². The highest BCUT2D eigenvalue weighted by Crippen LogP contribution is 2.27. The number of rotatable bonds is 1. The maximum Gasteiger partial charge on any atom is 0.152 e. The molecule has 0 bridgehead atoms. The Kier molecular flexibility index (Phi) is 2.36. The third-order valence-electron chi connectivity index (χ3n) is 2.78.